The van der Waals surface area contributed by atoms with Gasteiger partial charge >= 0.3 is 5.97 Å². The summed E-state index contributed by atoms with van der Waals surface area (Å²) in [6, 6.07) is 8.42. The molecule has 0 aromatic heterocycles. The number of ether oxygens (including phenoxy) is 3. The molecule has 1 aromatic rings. The summed E-state index contributed by atoms with van der Waals surface area (Å²) in [7, 11) is 0. The number of hydrogen-bond acceptors (Lipinski definition) is 6. The highest BCUT2D eigenvalue weighted by Gasteiger charge is 2.18. The third-order valence-electron chi connectivity index (χ3n) is 12.9. The van der Waals surface area contributed by atoms with E-state index in [0.717, 1.165) is 109 Å². The Morgan fingerprint density at radius 1 is 0.581 bits per heavy atom. The minimum atomic E-state index is -0.257. The van der Waals surface area contributed by atoms with Crippen LogP contribution in [-0.2, 0) is 30.2 Å². The fourth-order valence-electron chi connectivity index (χ4n) is 8.85. The first-order valence-electron chi connectivity index (χ1n) is 26.8. The largest absolute Gasteiger partial charge is 0.465 e. The van der Waals surface area contributed by atoms with Gasteiger partial charge in [0.25, 0.3) is 0 Å². The SMILES string of the molecule is CCCCCCCCCCCOC(CCCCC(=O)N(CCCCCCOC(=O)C(C)c1ccc(CC(C)C)cc1)CCCN1CCCCC1)OCCCCCCCCCCC. The molecule has 1 fully saturated rings. The Hall–Kier alpha value is -1.96. The maximum Gasteiger partial charge on any atom is 0.313 e. The van der Waals surface area contributed by atoms with Crippen molar-refractivity contribution in [3.63, 3.8) is 0 Å². The average molecular weight is 869 g/mol. The van der Waals surface area contributed by atoms with Gasteiger partial charge in [-0.05, 0) is 121 Å². The second-order valence-electron chi connectivity index (χ2n) is 19.4. The van der Waals surface area contributed by atoms with Gasteiger partial charge in [-0.1, -0.05) is 168 Å². The molecule has 2 rings (SSSR count). The molecule has 1 aliphatic rings. The monoisotopic (exact) mass is 869 g/mol. The minimum Gasteiger partial charge on any atom is -0.465 e. The Balaban J connectivity index is 1.75. The van der Waals surface area contributed by atoms with E-state index in [-0.39, 0.29) is 18.2 Å². The van der Waals surface area contributed by atoms with E-state index in [0.29, 0.717) is 24.9 Å². The molecule has 1 aliphatic heterocycles. The Kier molecular flexibility index (Phi) is 35.7. The number of unbranched alkanes of at least 4 members (excludes halogenated alkanes) is 20. The summed E-state index contributed by atoms with van der Waals surface area (Å²) >= 11 is 0. The number of esters is 1. The van der Waals surface area contributed by atoms with Gasteiger partial charge < -0.3 is 24.0 Å². The van der Waals surface area contributed by atoms with E-state index in [4.69, 9.17) is 14.2 Å². The zero-order valence-electron chi connectivity index (χ0n) is 41.6. The van der Waals surface area contributed by atoms with Crippen LogP contribution in [0.5, 0.6) is 0 Å². The van der Waals surface area contributed by atoms with Crippen LogP contribution in [-0.4, -0.2) is 80.5 Å². The lowest BCUT2D eigenvalue weighted by atomic mass is 9.97. The second-order valence-corrected chi connectivity index (χ2v) is 19.4. The van der Waals surface area contributed by atoms with Gasteiger partial charge in [0.05, 0.1) is 12.5 Å². The number of piperidine rings is 1. The Bertz CT molecular complexity index is 1140. The first-order chi connectivity index (χ1) is 30.3. The topological polar surface area (TPSA) is 68.3 Å². The molecule has 7 nitrogen and oxygen atoms in total. The van der Waals surface area contributed by atoms with Crippen LogP contribution < -0.4 is 0 Å². The zero-order valence-corrected chi connectivity index (χ0v) is 41.6. The number of carbonyl (C=O) groups excluding carboxylic acids is 2. The molecule has 1 amide bonds. The third-order valence-corrected chi connectivity index (χ3v) is 12.9. The van der Waals surface area contributed by atoms with Crippen molar-refractivity contribution in [1.29, 1.82) is 0 Å². The molecule has 0 bridgehead atoms. The van der Waals surface area contributed by atoms with E-state index in [1.54, 1.807) is 0 Å². The van der Waals surface area contributed by atoms with Crippen molar-refractivity contribution in [2.75, 3.05) is 52.5 Å². The van der Waals surface area contributed by atoms with Crippen molar-refractivity contribution >= 4 is 11.9 Å². The summed E-state index contributed by atoms with van der Waals surface area (Å²) in [4.78, 5) is 31.2. The highest BCUT2D eigenvalue weighted by molar-refractivity contribution is 5.77. The van der Waals surface area contributed by atoms with Crippen LogP contribution in [0.2, 0.25) is 0 Å². The van der Waals surface area contributed by atoms with Crippen LogP contribution in [0.1, 0.15) is 244 Å². The van der Waals surface area contributed by atoms with Gasteiger partial charge in [-0.2, -0.15) is 0 Å². The molecule has 1 aromatic carbocycles. The highest BCUT2D eigenvalue weighted by Crippen LogP contribution is 2.20. The van der Waals surface area contributed by atoms with E-state index in [1.165, 1.54) is 141 Å². The first-order valence-corrected chi connectivity index (χ1v) is 26.8. The fourth-order valence-corrected chi connectivity index (χ4v) is 8.85. The summed E-state index contributed by atoms with van der Waals surface area (Å²) in [5.74, 6) is 0.511. The summed E-state index contributed by atoms with van der Waals surface area (Å²) in [5, 5.41) is 0. The Morgan fingerprint density at radius 3 is 1.63 bits per heavy atom. The standard InChI is InChI=1S/C55H100N2O5/c1-6-8-10-12-14-16-18-21-30-45-60-54(61-46-31-22-19-17-15-13-11-9-7-2)35-26-25-34-53(58)57(44-33-42-56-40-27-24-28-41-56)43-29-20-23-32-47-62-55(59)50(5)52-38-36-51(37-39-52)48-49(3)4/h36-39,49-50,54H,6-35,40-48H2,1-5H3. The number of carbonyl (C=O) groups is 2. The fraction of sp³-hybridized carbons (Fsp3) is 0.855. The smallest absolute Gasteiger partial charge is 0.313 e. The number of amides is 1. The predicted octanol–water partition coefficient (Wildman–Crippen LogP) is 14.8. The molecule has 0 saturated carbocycles. The van der Waals surface area contributed by atoms with Gasteiger partial charge in [0.15, 0.2) is 6.29 Å². The van der Waals surface area contributed by atoms with Gasteiger partial charge in [0, 0.05) is 32.7 Å². The van der Waals surface area contributed by atoms with Crippen molar-refractivity contribution in [1.82, 2.24) is 9.80 Å². The molecule has 7 heteroatoms. The van der Waals surface area contributed by atoms with Gasteiger partial charge in [0.2, 0.25) is 5.91 Å². The highest BCUT2D eigenvalue weighted by atomic mass is 16.7. The minimum absolute atomic E-state index is 0.144. The number of benzene rings is 1. The first kappa shape index (κ1) is 56.2. The summed E-state index contributed by atoms with van der Waals surface area (Å²) in [5.41, 5.74) is 2.33. The van der Waals surface area contributed by atoms with E-state index in [2.05, 4.69) is 61.8 Å². The molecular weight excluding hydrogens is 769 g/mol. The van der Waals surface area contributed by atoms with Crippen LogP contribution in [0.4, 0.5) is 0 Å². The van der Waals surface area contributed by atoms with Crippen molar-refractivity contribution in [2.24, 2.45) is 5.92 Å². The lowest BCUT2D eigenvalue weighted by Gasteiger charge is -2.28. The van der Waals surface area contributed by atoms with Crippen LogP contribution in [0.15, 0.2) is 24.3 Å². The average Bonchev–Trinajstić information content (AvgIpc) is 3.27. The maximum absolute atomic E-state index is 13.7. The Labute approximate surface area is 383 Å². The third kappa shape index (κ3) is 30.2. The van der Waals surface area contributed by atoms with Crippen LogP contribution in [0, 0.1) is 5.92 Å². The van der Waals surface area contributed by atoms with E-state index in [9.17, 15) is 9.59 Å². The lowest BCUT2D eigenvalue weighted by molar-refractivity contribution is -0.148. The van der Waals surface area contributed by atoms with Gasteiger partial charge in [-0.25, -0.2) is 0 Å². The zero-order chi connectivity index (χ0) is 44.7. The Morgan fingerprint density at radius 2 is 1.08 bits per heavy atom. The number of rotatable bonds is 42. The van der Waals surface area contributed by atoms with Crippen LogP contribution in [0.25, 0.3) is 0 Å². The van der Waals surface area contributed by atoms with E-state index in [1.807, 2.05) is 6.92 Å². The quantitative estimate of drug-likeness (QED) is 0.0370. The number of likely N-dealkylation sites (tertiary alicyclic amines) is 1. The van der Waals surface area contributed by atoms with Gasteiger partial charge in [-0.3, -0.25) is 9.59 Å². The van der Waals surface area contributed by atoms with Crippen LogP contribution in [0.3, 0.4) is 0 Å². The van der Waals surface area contributed by atoms with E-state index < -0.39 is 0 Å². The maximum atomic E-state index is 13.7. The number of hydrogen-bond donors (Lipinski definition) is 0. The molecule has 0 spiro atoms. The van der Waals surface area contributed by atoms with Crippen molar-refractivity contribution in [2.45, 2.75) is 246 Å². The molecule has 0 N–H and O–H groups in total. The molecule has 0 aliphatic carbocycles. The van der Waals surface area contributed by atoms with Crippen LogP contribution >= 0.6 is 0 Å². The van der Waals surface area contributed by atoms with Gasteiger partial charge in [0.1, 0.15) is 0 Å². The van der Waals surface area contributed by atoms with Gasteiger partial charge in [-0.15, -0.1) is 0 Å². The van der Waals surface area contributed by atoms with E-state index >= 15 is 0 Å². The molecular formula is C55H100N2O5. The molecule has 360 valence electrons. The van der Waals surface area contributed by atoms with Crippen molar-refractivity contribution in [3.8, 4) is 0 Å². The summed E-state index contributed by atoms with van der Waals surface area (Å²) in [6.45, 7) is 18.1. The number of nitrogens with zero attached hydrogens (tertiary/aromatic N) is 2. The normalized spacial score (nSPS) is 13.9. The predicted molar refractivity (Wildman–Crippen MR) is 263 cm³/mol. The van der Waals surface area contributed by atoms with Crippen molar-refractivity contribution < 1.29 is 23.8 Å². The lowest BCUT2D eigenvalue weighted by Crippen LogP contribution is -2.36. The van der Waals surface area contributed by atoms with Crippen molar-refractivity contribution in [3.05, 3.63) is 35.4 Å². The molecule has 1 unspecified atom stereocenters. The molecule has 1 saturated heterocycles. The molecule has 62 heavy (non-hydrogen) atoms. The summed E-state index contributed by atoms with van der Waals surface area (Å²) < 4.78 is 18.4. The summed E-state index contributed by atoms with van der Waals surface area (Å²) in [6.07, 6.45) is 36.7. The molecule has 1 atom stereocenters. The molecule has 1 heterocycles. The second kappa shape index (κ2) is 39.4. The molecule has 0 radical (unpaired) electrons.